The molecule has 0 atom stereocenters. The van der Waals surface area contributed by atoms with Crippen LogP contribution in [0.1, 0.15) is 56.2 Å². The number of furan rings is 1. The summed E-state index contributed by atoms with van der Waals surface area (Å²) in [7, 11) is 2.17. The second kappa shape index (κ2) is 8.30. The highest BCUT2D eigenvalue weighted by Crippen LogP contribution is 2.43. The molecule has 6 aromatic rings. The summed E-state index contributed by atoms with van der Waals surface area (Å²) in [5.74, 6) is 1.68. The van der Waals surface area contributed by atoms with E-state index in [2.05, 4.69) is 115 Å². The van der Waals surface area contributed by atoms with Gasteiger partial charge in [-0.15, -0.1) is 0 Å². The van der Waals surface area contributed by atoms with Gasteiger partial charge in [0.2, 0.25) is 0 Å². The van der Waals surface area contributed by atoms with Crippen LogP contribution < -0.4 is 4.57 Å². The molecule has 0 spiro atoms. The SMILES string of the molecule is Cc1ccccc1-c1n(-c2c(C(C)C)cc3c(oc4cncnc43)c2C(C)C)c2ccccc2[n+]1C. The van der Waals surface area contributed by atoms with Gasteiger partial charge in [-0.2, -0.15) is 4.57 Å². The van der Waals surface area contributed by atoms with Gasteiger partial charge in [0.25, 0.3) is 5.82 Å². The van der Waals surface area contributed by atoms with Crippen LogP contribution in [-0.2, 0) is 7.05 Å². The Kier molecular flexibility index (Phi) is 5.18. The predicted molar refractivity (Wildman–Crippen MR) is 146 cm³/mol. The highest BCUT2D eigenvalue weighted by molar-refractivity contribution is 6.05. The van der Waals surface area contributed by atoms with Crippen LogP contribution in [0.2, 0.25) is 0 Å². The van der Waals surface area contributed by atoms with E-state index in [-0.39, 0.29) is 5.92 Å². The third kappa shape index (κ3) is 3.19. The smallest absolute Gasteiger partial charge is 0.295 e. The normalized spacial score (nSPS) is 12.1. The molecule has 0 saturated heterocycles. The quantitative estimate of drug-likeness (QED) is 0.250. The van der Waals surface area contributed by atoms with E-state index in [1.807, 2.05) is 0 Å². The Labute approximate surface area is 211 Å². The molecule has 0 unspecified atom stereocenters. The van der Waals surface area contributed by atoms with Gasteiger partial charge in [0.15, 0.2) is 16.6 Å². The van der Waals surface area contributed by atoms with Crippen LogP contribution in [0.3, 0.4) is 0 Å². The second-order valence-electron chi connectivity index (χ2n) is 10.3. The van der Waals surface area contributed by atoms with Gasteiger partial charge in [0.1, 0.15) is 23.1 Å². The monoisotopic (exact) mass is 475 g/mol. The van der Waals surface area contributed by atoms with Crippen molar-refractivity contribution < 1.29 is 8.98 Å². The maximum atomic E-state index is 6.48. The number of imidazole rings is 1. The number of para-hydroxylation sites is 2. The zero-order valence-corrected chi connectivity index (χ0v) is 21.7. The number of benzene rings is 3. The summed E-state index contributed by atoms with van der Waals surface area (Å²) >= 11 is 0. The summed E-state index contributed by atoms with van der Waals surface area (Å²) in [5.41, 5.74) is 11.0. The van der Waals surface area contributed by atoms with E-state index in [0.29, 0.717) is 5.92 Å². The summed E-state index contributed by atoms with van der Waals surface area (Å²) in [5, 5.41) is 1.06. The molecule has 0 amide bonds. The van der Waals surface area contributed by atoms with E-state index in [1.165, 1.54) is 39.0 Å². The molecule has 3 aromatic carbocycles. The molecule has 0 aliphatic rings. The topological polar surface area (TPSA) is 47.7 Å². The van der Waals surface area contributed by atoms with Gasteiger partial charge in [0, 0.05) is 16.5 Å². The van der Waals surface area contributed by atoms with Crippen LogP contribution in [0.25, 0.3) is 50.2 Å². The summed E-state index contributed by atoms with van der Waals surface area (Å²) in [6.45, 7) is 11.2. The molecule has 0 radical (unpaired) electrons. The minimum absolute atomic E-state index is 0.228. The fourth-order valence-corrected chi connectivity index (χ4v) is 5.58. The number of hydrogen-bond acceptors (Lipinski definition) is 3. The van der Waals surface area contributed by atoms with Crippen molar-refractivity contribution in [3.8, 4) is 17.1 Å². The summed E-state index contributed by atoms with van der Waals surface area (Å²) in [4.78, 5) is 8.80. The first kappa shape index (κ1) is 22.5. The van der Waals surface area contributed by atoms with E-state index in [1.54, 1.807) is 12.5 Å². The van der Waals surface area contributed by atoms with E-state index < -0.39 is 0 Å². The molecule has 3 heterocycles. The Balaban J connectivity index is 1.87. The van der Waals surface area contributed by atoms with Crippen molar-refractivity contribution >= 4 is 33.1 Å². The number of aryl methyl sites for hydroxylation is 2. The first-order valence-corrected chi connectivity index (χ1v) is 12.6. The van der Waals surface area contributed by atoms with Crippen LogP contribution in [0.15, 0.2) is 71.5 Å². The summed E-state index contributed by atoms with van der Waals surface area (Å²) in [6, 6.07) is 19.6. The number of nitrogens with zero attached hydrogens (tertiary/aromatic N) is 4. The fraction of sp³-hybridized carbons (Fsp3) is 0.258. The van der Waals surface area contributed by atoms with Crippen molar-refractivity contribution in [3.05, 3.63) is 83.8 Å². The largest absolute Gasteiger partial charge is 0.452 e. The van der Waals surface area contributed by atoms with Crippen molar-refractivity contribution in [2.45, 2.75) is 46.5 Å². The van der Waals surface area contributed by atoms with Gasteiger partial charge in [0.05, 0.1) is 18.8 Å². The predicted octanol–water partition coefficient (Wildman–Crippen LogP) is 7.37. The molecule has 0 N–H and O–H groups in total. The van der Waals surface area contributed by atoms with Crippen molar-refractivity contribution in [1.82, 2.24) is 14.5 Å². The molecule has 0 aliphatic carbocycles. The molecule has 0 aliphatic heterocycles. The molecular formula is C31H31N4O+. The number of rotatable bonds is 4. The standard InChI is InChI=1S/C31H31N4O/c1-18(2)22-15-23-28-26(16-32-17-33-28)36-30(23)27(19(3)4)29(22)35-25-14-10-9-13-24(25)34(6)31(35)21-12-8-7-11-20(21)5/h7-19H,1-6H3/q+1. The molecular weight excluding hydrogens is 444 g/mol. The highest BCUT2D eigenvalue weighted by Gasteiger charge is 2.33. The third-order valence-electron chi connectivity index (χ3n) is 7.29. The first-order chi connectivity index (χ1) is 17.4. The Bertz CT molecular complexity index is 1770. The molecule has 180 valence electrons. The zero-order valence-electron chi connectivity index (χ0n) is 21.7. The van der Waals surface area contributed by atoms with Crippen LogP contribution in [0.5, 0.6) is 0 Å². The maximum absolute atomic E-state index is 6.48. The Morgan fingerprint density at radius 3 is 2.44 bits per heavy atom. The molecule has 0 bridgehead atoms. The minimum Gasteiger partial charge on any atom is -0.452 e. The second-order valence-corrected chi connectivity index (χ2v) is 10.3. The van der Waals surface area contributed by atoms with Gasteiger partial charge < -0.3 is 4.42 Å². The van der Waals surface area contributed by atoms with Crippen LogP contribution >= 0.6 is 0 Å². The van der Waals surface area contributed by atoms with E-state index in [4.69, 9.17) is 4.42 Å². The lowest BCUT2D eigenvalue weighted by Crippen LogP contribution is -2.30. The maximum Gasteiger partial charge on any atom is 0.295 e. The lowest BCUT2D eigenvalue weighted by atomic mass is 9.90. The number of fused-ring (bicyclic) bond motifs is 4. The van der Waals surface area contributed by atoms with Crippen molar-refractivity contribution in [1.29, 1.82) is 0 Å². The first-order valence-electron chi connectivity index (χ1n) is 12.6. The van der Waals surface area contributed by atoms with Gasteiger partial charge in [-0.25, -0.2) is 14.5 Å². The van der Waals surface area contributed by atoms with Crippen molar-refractivity contribution in [2.24, 2.45) is 7.05 Å². The lowest BCUT2D eigenvalue weighted by molar-refractivity contribution is -0.633. The molecule has 0 fully saturated rings. The van der Waals surface area contributed by atoms with Crippen molar-refractivity contribution in [3.63, 3.8) is 0 Å². The summed E-state index contributed by atoms with van der Waals surface area (Å²) in [6.07, 6.45) is 3.37. The molecule has 3 aromatic heterocycles. The third-order valence-corrected chi connectivity index (χ3v) is 7.29. The number of hydrogen-bond donors (Lipinski definition) is 0. The molecule has 0 saturated carbocycles. The Hall–Kier alpha value is -3.99. The van der Waals surface area contributed by atoms with Crippen LogP contribution in [-0.4, -0.2) is 14.5 Å². The minimum atomic E-state index is 0.228. The van der Waals surface area contributed by atoms with E-state index >= 15 is 0 Å². The van der Waals surface area contributed by atoms with Crippen LogP contribution in [0, 0.1) is 6.92 Å². The Morgan fingerprint density at radius 1 is 0.944 bits per heavy atom. The molecule has 6 rings (SSSR count). The van der Waals surface area contributed by atoms with Crippen LogP contribution in [0.4, 0.5) is 0 Å². The summed E-state index contributed by atoms with van der Waals surface area (Å²) < 4.78 is 11.3. The molecule has 5 heteroatoms. The van der Waals surface area contributed by atoms with Gasteiger partial charge in [-0.05, 0) is 48.6 Å². The molecule has 5 nitrogen and oxygen atoms in total. The average molecular weight is 476 g/mol. The van der Waals surface area contributed by atoms with Crippen molar-refractivity contribution in [2.75, 3.05) is 0 Å². The van der Waals surface area contributed by atoms with Gasteiger partial charge in [-0.3, -0.25) is 0 Å². The number of aromatic nitrogens is 4. The van der Waals surface area contributed by atoms with Gasteiger partial charge >= 0.3 is 0 Å². The average Bonchev–Trinajstić information content (AvgIpc) is 3.38. The zero-order chi connectivity index (χ0) is 25.1. The molecule has 36 heavy (non-hydrogen) atoms. The lowest BCUT2D eigenvalue weighted by Gasteiger charge is -2.19. The van der Waals surface area contributed by atoms with E-state index in [0.717, 1.165) is 27.9 Å². The highest BCUT2D eigenvalue weighted by atomic mass is 16.3. The fourth-order valence-electron chi connectivity index (χ4n) is 5.58. The van der Waals surface area contributed by atoms with E-state index in [9.17, 15) is 0 Å². The van der Waals surface area contributed by atoms with Gasteiger partial charge in [-0.1, -0.05) is 58.0 Å². The Morgan fingerprint density at radius 2 is 1.69 bits per heavy atom.